The van der Waals surface area contributed by atoms with E-state index in [2.05, 4.69) is 35.8 Å². The summed E-state index contributed by atoms with van der Waals surface area (Å²) in [5, 5.41) is 3.06. The molecule has 1 heterocycles. The average molecular weight is 375 g/mol. The van der Waals surface area contributed by atoms with Gasteiger partial charge >= 0.3 is 0 Å². The lowest BCUT2D eigenvalue weighted by atomic mass is 9.87. The highest BCUT2D eigenvalue weighted by molar-refractivity contribution is 7.98. The van der Waals surface area contributed by atoms with E-state index in [0.29, 0.717) is 31.8 Å². The Balaban J connectivity index is 1.49. The van der Waals surface area contributed by atoms with Crippen LogP contribution >= 0.6 is 11.8 Å². The molecule has 0 unspecified atom stereocenters. The first kappa shape index (κ1) is 19.3. The van der Waals surface area contributed by atoms with Gasteiger partial charge in [-0.15, -0.1) is 11.8 Å². The van der Waals surface area contributed by atoms with Gasteiger partial charge in [-0.25, -0.2) is 0 Å². The third-order valence-electron chi connectivity index (χ3n) is 5.70. The number of amides is 2. The molecule has 4 nitrogen and oxygen atoms in total. The van der Waals surface area contributed by atoms with Gasteiger partial charge in [-0.1, -0.05) is 31.4 Å². The van der Waals surface area contributed by atoms with Crippen molar-refractivity contribution >= 4 is 23.6 Å². The third kappa shape index (κ3) is 5.26. The quantitative estimate of drug-likeness (QED) is 0.770. The van der Waals surface area contributed by atoms with Crippen molar-refractivity contribution in [2.24, 2.45) is 11.8 Å². The van der Waals surface area contributed by atoms with Gasteiger partial charge in [0.05, 0.1) is 5.92 Å². The zero-order valence-corrected chi connectivity index (χ0v) is 16.5. The van der Waals surface area contributed by atoms with E-state index in [1.807, 2.05) is 4.90 Å². The average Bonchev–Trinajstić information content (AvgIpc) is 2.69. The van der Waals surface area contributed by atoms with Crippen LogP contribution in [0.2, 0.25) is 0 Å². The number of benzene rings is 1. The van der Waals surface area contributed by atoms with Crippen LogP contribution in [0.15, 0.2) is 29.2 Å². The molecule has 0 radical (unpaired) electrons. The molecule has 26 heavy (non-hydrogen) atoms. The van der Waals surface area contributed by atoms with Crippen molar-refractivity contribution in [3.05, 3.63) is 29.8 Å². The zero-order valence-electron chi connectivity index (χ0n) is 15.7. The molecular weight excluding hydrogens is 344 g/mol. The highest BCUT2D eigenvalue weighted by Crippen LogP contribution is 2.27. The lowest BCUT2D eigenvalue weighted by Gasteiger charge is -2.35. The second kappa shape index (κ2) is 9.45. The Morgan fingerprint density at radius 2 is 1.88 bits per heavy atom. The van der Waals surface area contributed by atoms with Crippen molar-refractivity contribution in [2.45, 2.75) is 56.4 Å². The van der Waals surface area contributed by atoms with Gasteiger partial charge < -0.3 is 10.2 Å². The standard InChI is InChI=1S/C21H30N2O2S/c1-26-19-10-7-16(8-11-19)13-22-21(25)18-9-12-20(24)23(15-18)14-17-5-3-2-4-6-17/h7-8,10-11,17-18H,2-6,9,12-15H2,1H3,(H,22,25)/t18-/m0/s1. The smallest absolute Gasteiger partial charge is 0.225 e. The van der Waals surface area contributed by atoms with E-state index in [9.17, 15) is 9.59 Å². The van der Waals surface area contributed by atoms with Crippen molar-refractivity contribution in [3.8, 4) is 0 Å². The van der Waals surface area contributed by atoms with Gasteiger partial charge in [0, 0.05) is 31.0 Å². The van der Waals surface area contributed by atoms with Gasteiger partial charge in [0.15, 0.2) is 0 Å². The number of hydrogen-bond donors (Lipinski definition) is 1. The fourth-order valence-corrected chi connectivity index (χ4v) is 4.47. The number of piperidine rings is 1. The lowest BCUT2D eigenvalue weighted by molar-refractivity contribution is -0.139. The summed E-state index contributed by atoms with van der Waals surface area (Å²) in [6.07, 6.45) is 9.59. The number of likely N-dealkylation sites (tertiary alicyclic amines) is 1. The Morgan fingerprint density at radius 3 is 2.58 bits per heavy atom. The highest BCUT2D eigenvalue weighted by atomic mass is 32.2. The summed E-state index contributed by atoms with van der Waals surface area (Å²) in [7, 11) is 0. The molecule has 2 amide bonds. The summed E-state index contributed by atoms with van der Waals surface area (Å²) in [5.41, 5.74) is 1.11. The Labute approximate surface area is 161 Å². The summed E-state index contributed by atoms with van der Waals surface area (Å²) >= 11 is 1.71. The Bertz CT molecular complexity index is 611. The lowest BCUT2D eigenvalue weighted by Crippen LogP contribution is -2.47. The number of nitrogens with one attached hydrogen (secondary N) is 1. The van der Waals surface area contributed by atoms with Crippen LogP contribution in [0.5, 0.6) is 0 Å². The van der Waals surface area contributed by atoms with Crippen molar-refractivity contribution in [3.63, 3.8) is 0 Å². The van der Waals surface area contributed by atoms with Gasteiger partial charge in [0.25, 0.3) is 0 Å². The molecule has 1 aromatic rings. The Morgan fingerprint density at radius 1 is 1.15 bits per heavy atom. The summed E-state index contributed by atoms with van der Waals surface area (Å²) in [6.45, 7) is 1.99. The molecule has 0 bridgehead atoms. The van der Waals surface area contributed by atoms with E-state index in [0.717, 1.165) is 12.1 Å². The number of rotatable bonds is 6. The number of hydrogen-bond acceptors (Lipinski definition) is 3. The van der Waals surface area contributed by atoms with E-state index in [4.69, 9.17) is 0 Å². The van der Waals surface area contributed by atoms with Gasteiger partial charge in [-0.05, 0) is 49.1 Å². The molecule has 1 saturated carbocycles. The van der Waals surface area contributed by atoms with Gasteiger partial charge in [0.1, 0.15) is 0 Å². The van der Waals surface area contributed by atoms with Crippen molar-refractivity contribution in [1.82, 2.24) is 10.2 Å². The van der Waals surface area contributed by atoms with Crippen LogP contribution in [0.4, 0.5) is 0 Å². The van der Waals surface area contributed by atoms with Crippen LogP contribution in [0.1, 0.15) is 50.5 Å². The topological polar surface area (TPSA) is 49.4 Å². The second-order valence-corrected chi connectivity index (χ2v) is 8.48. The molecular formula is C21H30N2O2S. The molecule has 1 N–H and O–H groups in total. The van der Waals surface area contributed by atoms with Crippen LogP contribution in [0.25, 0.3) is 0 Å². The maximum absolute atomic E-state index is 12.6. The van der Waals surface area contributed by atoms with Crippen molar-refractivity contribution in [2.75, 3.05) is 19.3 Å². The number of carbonyl (C=O) groups is 2. The molecule has 142 valence electrons. The summed E-state index contributed by atoms with van der Waals surface area (Å²) in [5.74, 6) is 0.874. The van der Waals surface area contributed by atoms with Gasteiger partial charge in [0.2, 0.25) is 11.8 Å². The van der Waals surface area contributed by atoms with E-state index in [1.165, 1.54) is 37.0 Å². The molecule has 1 aliphatic carbocycles. The monoisotopic (exact) mass is 374 g/mol. The molecule has 3 rings (SSSR count). The Kier molecular flexibility index (Phi) is 7.00. The number of nitrogens with zero attached hydrogens (tertiary/aromatic N) is 1. The Hall–Kier alpha value is -1.49. The fraction of sp³-hybridized carbons (Fsp3) is 0.619. The highest BCUT2D eigenvalue weighted by Gasteiger charge is 2.31. The predicted octanol–water partition coefficient (Wildman–Crippen LogP) is 3.84. The number of thioether (sulfide) groups is 1. The minimum absolute atomic E-state index is 0.0678. The molecule has 0 aromatic heterocycles. The van der Waals surface area contributed by atoms with Crippen LogP contribution < -0.4 is 5.32 Å². The van der Waals surface area contributed by atoms with E-state index in [-0.39, 0.29) is 17.7 Å². The maximum Gasteiger partial charge on any atom is 0.225 e. The summed E-state index contributed by atoms with van der Waals surface area (Å²) < 4.78 is 0. The van der Waals surface area contributed by atoms with Crippen molar-refractivity contribution < 1.29 is 9.59 Å². The maximum atomic E-state index is 12.6. The summed E-state index contributed by atoms with van der Waals surface area (Å²) in [4.78, 5) is 28.0. The molecule has 1 aliphatic heterocycles. The molecule has 2 aliphatic rings. The second-order valence-electron chi connectivity index (χ2n) is 7.60. The first-order valence-electron chi connectivity index (χ1n) is 9.84. The molecule has 0 spiro atoms. The van der Waals surface area contributed by atoms with Crippen LogP contribution in [0.3, 0.4) is 0 Å². The third-order valence-corrected chi connectivity index (χ3v) is 6.44. The first-order valence-corrected chi connectivity index (χ1v) is 11.1. The zero-order chi connectivity index (χ0) is 18.4. The summed E-state index contributed by atoms with van der Waals surface area (Å²) in [6, 6.07) is 8.28. The van der Waals surface area contributed by atoms with Crippen LogP contribution in [-0.2, 0) is 16.1 Å². The molecule has 1 aromatic carbocycles. The fourth-order valence-electron chi connectivity index (χ4n) is 4.06. The predicted molar refractivity (Wildman–Crippen MR) is 106 cm³/mol. The number of carbonyl (C=O) groups excluding carboxylic acids is 2. The molecule has 2 fully saturated rings. The largest absolute Gasteiger partial charge is 0.352 e. The van der Waals surface area contributed by atoms with E-state index >= 15 is 0 Å². The van der Waals surface area contributed by atoms with E-state index < -0.39 is 0 Å². The van der Waals surface area contributed by atoms with Gasteiger partial charge in [-0.2, -0.15) is 0 Å². The first-order chi connectivity index (χ1) is 12.7. The van der Waals surface area contributed by atoms with Gasteiger partial charge in [-0.3, -0.25) is 9.59 Å². The SMILES string of the molecule is CSc1ccc(CNC(=O)[C@H]2CCC(=O)N(CC3CCCCC3)C2)cc1. The minimum atomic E-state index is -0.0678. The normalized spacial score (nSPS) is 21.7. The van der Waals surface area contributed by atoms with Crippen LogP contribution in [0, 0.1) is 11.8 Å². The molecule has 1 saturated heterocycles. The van der Waals surface area contributed by atoms with Crippen molar-refractivity contribution in [1.29, 1.82) is 0 Å². The van der Waals surface area contributed by atoms with E-state index in [1.54, 1.807) is 11.8 Å². The van der Waals surface area contributed by atoms with Crippen LogP contribution in [-0.4, -0.2) is 36.1 Å². The minimum Gasteiger partial charge on any atom is -0.352 e. The molecule has 5 heteroatoms. The molecule has 1 atom stereocenters.